The Balaban J connectivity index is 2.09. The first kappa shape index (κ1) is 21.8. The van der Waals surface area contributed by atoms with Crippen LogP contribution in [0, 0.1) is 5.82 Å². The van der Waals surface area contributed by atoms with E-state index < -0.39 is 23.7 Å². The second kappa shape index (κ2) is 9.76. The molecule has 0 aliphatic heterocycles. The number of halogens is 2. The number of hydrogen-bond donors (Lipinski definition) is 2. The Kier molecular flexibility index (Phi) is 7.11. The van der Waals surface area contributed by atoms with E-state index in [9.17, 15) is 14.0 Å². The molecule has 3 N–H and O–H groups in total. The van der Waals surface area contributed by atoms with Gasteiger partial charge in [-0.2, -0.15) is 0 Å². The number of benzene rings is 2. The maximum absolute atomic E-state index is 14.0. The van der Waals surface area contributed by atoms with Gasteiger partial charge in [-0.15, -0.1) is 0 Å². The van der Waals surface area contributed by atoms with E-state index in [4.69, 9.17) is 17.3 Å². The molecule has 5 nitrogen and oxygen atoms in total. The van der Waals surface area contributed by atoms with Crippen LogP contribution in [-0.4, -0.2) is 17.9 Å². The lowest BCUT2D eigenvalue weighted by atomic mass is 9.94. The molecule has 2 aromatic rings. The lowest BCUT2D eigenvalue weighted by Gasteiger charge is -2.33. The molecule has 2 amide bonds. The summed E-state index contributed by atoms with van der Waals surface area (Å²) in [6.07, 6.45) is 4.96. The molecule has 1 aliphatic carbocycles. The highest BCUT2D eigenvalue weighted by Crippen LogP contribution is 2.33. The zero-order chi connectivity index (χ0) is 21.7. The predicted octanol–water partition coefficient (Wildman–Crippen LogP) is 4.47. The van der Waals surface area contributed by atoms with Crippen LogP contribution in [0.15, 0.2) is 60.8 Å². The van der Waals surface area contributed by atoms with Crippen molar-refractivity contribution < 1.29 is 14.0 Å². The summed E-state index contributed by atoms with van der Waals surface area (Å²) in [5.41, 5.74) is 6.06. The van der Waals surface area contributed by atoms with Crippen LogP contribution in [0.3, 0.4) is 0 Å². The van der Waals surface area contributed by atoms with Gasteiger partial charge in [0.25, 0.3) is 5.91 Å². The van der Waals surface area contributed by atoms with Crippen molar-refractivity contribution >= 4 is 29.1 Å². The molecule has 30 heavy (non-hydrogen) atoms. The number of hydrogen-bond acceptors (Lipinski definition) is 3. The highest BCUT2D eigenvalue weighted by atomic mass is 35.5. The summed E-state index contributed by atoms with van der Waals surface area (Å²) in [6.45, 7) is 3.53. The van der Waals surface area contributed by atoms with E-state index in [0.717, 1.165) is 37.0 Å². The standard InChI is InChI=1S/C23H25ClFN3O2/c1-15(26)23(30)28(18-11-7-8-16(25)14-18)21(19-12-5-6-13-20(19)24)22(29)27-17-9-3-2-4-10-17/h5-8,11-14,17,21H,1-4,9-10,26H2,(H,27,29)/t21-/m1/s1. The van der Waals surface area contributed by atoms with Crippen molar-refractivity contribution in [3.63, 3.8) is 0 Å². The monoisotopic (exact) mass is 429 g/mol. The van der Waals surface area contributed by atoms with Gasteiger partial charge >= 0.3 is 0 Å². The van der Waals surface area contributed by atoms with Crippen molar-refractivity contribution in [2.75, 3.05) is 4.90 Å². The van der Waals surface area contributed by atoms with Crippen molar-refractivity contribution in [2.24, 2.45) is 5.73 Å². The summed E-state index contributed by atoms with van der Waals surface area (Å²) in [5, 5.41) is 3.37. The van der Waals surface area contributed by atoms with Crippen molar-refractivity contribution in [3.8, 4) is 0 Å². The normalized spacial score (nSPS) is 15.3. The number of rotatable bonds is 6. The molecule has 0 heterocycles. The van der Waals surface area contributed by atoms with Gasteiger partial charge in [-0.3, -0.25) is 14.5 Å². The van der Waals surface area contributed by atoms with E-state index in [1.54, 1.807) is 30.3 Å². The first-order valence-corrected chi connectivity index (χ1v) is 10.3. The van der Waals surface area contributed by atoms with Crippen LogP contribution in [0.1, 0.15) is 43.7 Å². The second-order valence-electron chi connectivity index (χ2n) is 7.45. The summed E-state index contributed by atoms with van der Waals surface area (Å²) in [6, 6.07) is 11.1. The van der Waals surface area contributed by atoms with Crippen LogP contribution in [0.4, 0.5) is 10.1 Å². The maximum Gasteiger partial charge on any atom is 0.274 e. The molecule has 3 rings (SSSR count). The third-order valence-corrected chi connectivity index (χ3v) is 5.58. The third-order valence-electron chi connectivity index (χ3n) is 5.24. The van der Waals surface area contributed by atoms with Gasteiger partial charge < -0.3 is 11.1 Å². The summed E-state index contributed by atoms with van der Waals surface area (Å²) in [4.78, 5) is 27.7. The van der Waals surface area contributed by atoms with E-state index in [1.165, 1.54) is 18.2 Å². The fourth-order valence-electron chi connectivity index (χ4n) is 3.79. The molecule has 0 saturated heterocycles. The SMILES string of the molecule is C=C(N)C(=O)N(c1cccc(F)c1)[C@@H](C(=O)NC1CCCCC1)c1ccccc1Cl. The smallest absolute Gasteiger partial charge is 0.274 e. The van der Waals surface area contributed by atoms with Gasteiger partial charge in [0, 0.05) is 22.3 Å². The lowest BCUT2D eigenvalue weighted by Crippen LogP contribution is -2.48. The number of nitrogens with one attached hydrogen (secondary N) is 1. The van der Waals surface area contributed by atoms with Gasteiger partial charge in [-0.1, -0.05) is 61.7 Å². The first-order valence-electron chi connectivity index (χ1n) is 9.97. The Bertz CT molecular complexity index is 944. The number of carbonyl (C=O) groups excluding carboxylic acids is 2. The minimum atomic E-state index is -1.13. The van der Waals surface area contributed by atoms with Crippen LogP contribution >= 0.6 is 11.6 Å². The number of amides is 2. The average molecular weight is 430 g/mol. The number of carbonyl (C=O) groups is 2. The Morgan fingerprint density at radius 2 is 1.83 bits per heavy atom. The number of anilines is 1. The van der Waals surface area contributed by atoms with E-state index in [2.05, 4.69) is 11.9 Å². The maximum atomic E-state index is 14.0. The molecule has 0 spiro atoms. The first-order chi connectivity index (χ1) is 14.4. The molecule has 1 aliphatic rings. The zero-order valence-corrected chi connectivity index (χ0v) is 17.4. The van der Waals surface area contributed by atoms with Crippen LogP contribution in [-0.2, 0) is 9.59 Å². The van der Waals surface area contributed by atoms with Crippen LogP contribution in [0.2, 0.25) is 5.02 Å². The quantitative estimate of drug-likeness (QED) is 0.665. The molecule has 7 heteroatoms. The molecule has 2 aromatic carbocycles. The highest BCUT2D eigenvalue weighted by molar-refractivity contribution is 6.31. The van der Waals surface area contributed by atoms with Crippen molar-refractivity contribution in [1.82, 2.24) is 5.32 Å². The van der Waals surface area contributed by atoms with Gasteiger partial charge in [-0.05, 0) is 37.1 Å². The summed E-state index contributed by atoms with van der Waals surface area (Å²) in [5.74, 6) is -1.63. The lowest BCUT2D eigenvalue weighted by molar-refractivity contribution is -0.126. The molecular formula is C23H25ClFN3O2. The van der Waals surface area contributed by atoms with Gasteiger partial charge in [0.2, 0.25) is 5.91 Å². The average Bonchev–Trinajstić information content (AvgIpc) is 2.73. The minimum absolute atomic E-state index is 0.0155. The Labute approximate surface area is 180 Å². The molecule has 0 unspecified atom stereocenters. The van der Waals surface area contributed by atoms with Gasteiger partial charge in [0.1, 0.15) is 11.9 Å². The molecule has 0 radical (unpaired) electrons. The molecule has 1 atom stereocenters. The van der Waals surface area contributed by atoms with Crippen molar-refractivity contribution in [2.45, 2.75) is 44.2 Å². The largest absolute Gasteiger partial charge is 0.395 e. The number of nitrogens with two attached hydrogens (primary N) is 1. The molecule has 0 aromatic heterocycles. The van der Waals surface area contributed by atoms with Gasteiger partial charge in [-0.25, -0.2) is 4.39 Å². The third kappa shape index (κ3) is 5.00. The molecule has 1 fully saturated rings. The van der Waals surface area contributed by atoms with E-state index in [0.29, 0.717) is 10.6 Å². The van der Waals surface area contributed by atoms with Gasteiger partial charge in [0.15, 0.2) is 0 Å². The summed E-state index contributed by atoms with van der Waals surface area (Å²) in [7, 11) is 0. The van der Waals surface area contributed by atoms with Crippen LogP contribution in [0.25, 0.3) is 0 Å². The number of nitrogens with zero attached hydrogens (tertiary/aromatic N) is 1. The van der Waals surface area contributed by atoms with Crippen LogP contribution < -0.4 is 16.0 Å². The Morgan fingerprint density at radius 1 is 1.13 bits per heavy atom. The van der Waals surface area contributed by atoms with E-state index >= 15 is 0 Å². The molecule has 0 bridgehead atoms. The zero-order valence-electron chi connectivity index (χ0n) is 16.6. The Morgan fingerprint density at radius 3 is 2.47 bits per heavy atom. The molecule has 1 saturated carbocycles. The Hall–Kier alpha value is -2.86. The fourth-order valence-corrected chi connectivity index (χ4v) is 4.02. The van der Waals surface area contributed by atoms with E-state index in [1.807, 2.05) is 0 Å². The summed E-state index contributed by atoms with van der Waals surface area (Å²) < 4.78 is 14.0. The summed E-state index contributed by atoms with van der Waals surface area (Å²) >= 11 is 6.41. The fraction of sp³-hybridized carbons (Fsp3) is 0.304. The molecular weight excluding hydrogens is 405 g/mol. The minimum Gasteiger partial charge on any atom is -0.395 e. The topological polar surface area (TPSA) is 75.4 Å². The molecule has 158 valence electrons. The second-order valence-corrected chi connectivity index (χ2v) is 7.86. The van der Waals surface area contributed by atoms with Gasteiger partial charge in [0.05, 0.1) is 5.70 Å². The highest BCUT2D eigenvalue weighted by Gasteiger charge is 2.35. The van der Waals surface area contributed by atoms with Crippen molar-refractivity contribution in [3.05, 3.63) is 77.2 Å². The van der Waals surface area contributed by atoms with Crippen molar-refractivity contribution in [1.29, 1.82) is 0 Å². The predicted molar refractivity (Wildman–Crippen MR) is 116 cm³/mol. The van der Waals surface area contributed by atoms with E-state index in [-0.39, 0.29) is 17.4 Å². The van der Waals surface area contributed by atoms with Crippen LogP contribution in [0.5, 0.6) is 0 Å².